The van der Waals surface area contributed by atoms with Crippen molar-refractivity contribution >= 4 is 11.6 Å². The number of nitrogens with zero attached hydrogens (tertiary/aromatic N) is 6. The number of anilines is 1. The summed E-state index contributed by atoms with van der Waals surface area (Å²) in [5, 5.41) is 0. The van der Waals surface area contributed by atoms with Crippen LogP contribution in [0.3, 0.4) is 0 Å². The van der Waals surface area contributed by atoms with Gasteiger partial charge in [-0.15, -0.1) is 0 Å². The van der Waals surface area contributed by atoms with Crippen LogP contribution in [0, 0.1) is 6.92 Å². The molecule has 0 bridgehead atoms. The van der Waals surface area contributed by atoms with Crippen LogP contribution in [0.15, 0.2) is 55.1 Å². The van der Waals surface area contributed by atoms with Crippen molar-refractivity contribution in [2.75, 3.05) is 24.5 Å². The summed E-state index contributed by atoms with van der Waals surface area (Å²) in [6.07, 6.45) is 7.77. The van der Waals surface area contributed by atoms with Crippen molar-refractivity contribution in [2.45, 2.75) is 25.3 Å². The molecule has 1 spiro atoms. The van der Waals surface area contributed by atoms with Crippen molar-refractivity contribution in [3.8, 4) is 0 Å². The molecule has 0 radical (unpaired) electrons. The Labute approximate surface area is 169 Å². The van der Waals surface area contributed by atoms with Crippen LogP contribution in [-0.4, -0.2) is 50.4 Å². The fraction of sp³-hybridized carbons (Fsp3) is 0.318. The molecule has 5 heterocycles. The van der Waals surface area contributed by atoms with E-state index in [-0.39, 0.29) is 11.3 Å². The molecule has 1 amide bonds. The number of aryl methyl sites for hydroxylation is 1. The first-order valence-corrected chi connectivity index (χ1v) is 9.83. The molecule has 29 heavy (non-hydrogen) atoms. The van der Waals surface area contributed by atoms with Crippen molar-refractivity contribution in [2.24, 2.45) is 0 Å². The number of carbonyl (C=O) groups excluding carboxylic acids is 1. The van der Waals surface area contributed by atoms with Gasteiger partial charge in [0.1, 0.15) is 5.69 Å². The summed E-state index contributed by atoms with van der Waals surface area (Å²) >= 11 is 0. The lowest BCUT2D eigenvalue weighted by Gasteiger charge is -2.25. The summed E-state index contributed by atoms with van der Waals surface area (Å²) in [5.41, 5.74) is 4.30. The lowest BCUT2D eigenvalue weighted by Crippen LogP contribution is -2.38. The van der Waals surface area contributed by atoms with Gasteiger partial charge in [-0.1, -0.05) is 6.07 Å². The minimum absolute atomic E-state index is 0.0602. The van der Waals surface area contributed by atoms with Gasteiger partial charge in [0.05, 0.1) is 40.9 Å². The van der Waals surface area contributed by atoms with Gasteiger partial charge >= 0.3 is 0 Å². The molecule has 146 valence electrons. The largest absolute Gasteiger partial charge is 0.363 e. The fourth-order valence-electron chi connectivity index (χ4n) is 4.45. The first-order chi connectivity index (χ1) is 14.1. The molecule has 1 fully saturated rings. The Balaban J connectivity index is 1.41. The third kappa shape index (κ3) is 3.12. The van der Waals surface area contributed by atoms with Gasteiger partial charge in [0, 0.05) is 38.2 Å². The van der Waals surface area contributed by atoms with E-state index in [1.54, 1.807) is 12.4 Å². The number of aromatic nitrogens is 4. The molecule has 1 saturated heterocycles. The molecule has 0 saturated carbocycles. The molecule has 7 heteroatoms. The zero-order chi connectivity index (χ0) is 19.8. The minimum Gasteiger partial charge on any atom is -0.363 e. The molecule has 2 aliphatic heterocycles. The Morgan fingerprint density at radius 3 is 2.72 bits per heavy atom. The summed E-state index contributed by atoms with van der Waals surface area (Å²) in [6.45, 7) is 4.77. The number of fused-ring (bicyclic) bond motifs is 2. The molecule has 7 nitrogen and oxygen atoms in total. The summed E-state index contributed by atoms with van der Waals surface area (Å²) in [4.78, 5) is 34.9. The van der Waals surface area contributed by atoms with Crippen LogP contribution in [0.1, 0.15) is 34.0 Å². The number of hydrogen-bond acceptors (Lipinski definition) is 6. The topological polar surface area (TPSA) is 75.1 Å². The first kappa shape index (κ1) is 17.7. The van der Waals surface area contributed by atoms with Gasteiger partial charge in [-0.05, 0) is 37.6 Å². The lowest BCUT2D eigenvalue weighted by molar-refractivity contribution is 0.0778. The highest BCUT2D eigenvalue weighted by atomic mass is 16.2. The Bertz CT molecular complexity index is 1040. The Morgan fingerprint density at radius 2 is 1.93 bits per heavy atom. The molecule has 3 aromatic rings. The van der Waals surface area contributed by atoms with Crippen LogP contribution in [0.4, 0.5) is 5.69 Å². The molecule has 0 N–H and O–H groups in total. The standard InChI is InChI=1S/C22H22N6O/c1-16-11-26-18(12-25-16)21(29)27-10-7-22(14-27)15-28(13-17-5-2-3-8-23-17)19-6-4-9-24-20(19)22/h2-6,8-9,11-12H,7,10,13-15H2,1H3/t22-/m1/s1. The zero-order valence-electron chi connectivity index (χ0n) is 16.3. The quantitative estimate of drug-likeness (QED) is 0.688. The minimum atomic E-state index is -0.154. The average Bonchev–Trinajstić information content (AvgIpc) is 3.31. The van der Waals surface area contributed by atoms with E-state index in [1.165, 1.54) is 0 Å². The van der Waals surface area contributed by atoms with Crippen molar-refractivity contribution in [1.82, 2.24) is 24.8 Å². The van der Waals surface area contributed by atoms with E-state index in [1.807, 2.05) is 48.5 Å². The van der Waals surface area contributed by atoms with Gasteiger partial charge in [0.25, 0.3) is 5.91 Å². The molecule has 5 rings (SSSR count). The van der Waals surface area contributed by atoms with E-state index >= 15 is 0 Å². The number of amides is 1. The maximum atomic E-state index is 13.0. The van der Waals surface area contributed by atoms with Crippen molar-refractivity contribution in [3.05, 3.63) is 77.9 Å². The molecule has 3 aromatic heterocycles. The van der Waals surface area contributed by atoms with Crippen LogP contribution in [0.5, 0.6) is 0 Å². The van der Waals surface area contributed by atoms with Gasteiger partial charge in [-0.25, -0.2) is 4.98 Å². The lowest BCUT2D eigenvalue weighted by atomic mass is 9.85. The Morgan fingerprint density at radius 1 is 1.03 bits per heavy atom. The smallest absolute Gasteiger partial charge is 0.274 e. The van der Waals surface area contributed by atoms with Crippen molar-refractivity contribution in [1.29, 1.82) is 0 Å². The maximum Gasteiger partial charge on any atom is 0.274 e. The highest BCUT2D eigenvalue weighted by Crippen LogP contribution is 2.45. The molecule has 2 aliphatic rings. The maximum absolute atomic E-state index is 13.0. The fourth-order valence-corrected chi connectivity index (χ4v) is 4.45. The van der Waals surface area contributed by atoms with E-state index in [9.17, 15) is 4.79 Å². The first-order valence-electron chi connectivity index (χ1n) is 9.83. The number of carbonyl (C=O) groups is 1. The predicted octanol–water partition coefficient (Wildman–Crippen LogP) is 2.38. The number of rotatable bonds is 3. The van der Waals surface area contributed by atoms with Crippen LogP contribution >= 0.6 is 0 Å². The van der Waals surface area contributed by atoms with Crippen LogP contribution in [0.2, 0.25) is 0 Å². The Kier molecular flexibility index (Phi) is 4.23. The van der Waals surface area contributed by atoms with Crippen LogP contribution in [-0.2, 0) is 12.0 Å². The molecule has 1 atom stereocenters. The van der Waals surface area contributed by atoms with E-state index in [0.717, 1.165) is 42.3 Å². The van der Waals surface area contributed by atoms with Gasteiger partial charge in [-0.3, -0.25) is 19.7 Å². The summed E-state index contributed by atoms with van der Waals surface area (Å²) < 4.78 is 0. The van der Waals surface area contributed by atoms with E-state index in [2.05, 4.69) is 25.9 Å². The summed E-state index contributed by atoms with van der Waals surface area (Å²) in [7, 11) is 0. The van der Waals surface area contributed by atoms with Gasteiger partial charge in [-0.2, -0.15) is 0 Å². The monoisotopic (exact) mass is 386 g/mol. The van der Waals surface area contributed by atoms with Gasteiger partial charge < -0.3 is 9.80 Å². The molecule has 0 aliphatic carbocycles. The SMILES string of the molecule is Cc1cnc(C(=O)N2CC[C@@]3(C2)CN(Cc2ccccn2)c2cccnc23)cn1. The Hall–Kier alpha value is -3.35. The number of hydrogen-bond donors (Lipinski definition) is 0. The summed E-state index contributed by atoms with van der Waals surface area (Å²) in [5.74, 6) is -0.0602. The third-order valence-electron chi connectivity index (χ3n) is 5.84. The molecular formula is C22H22N6O. The number of pyridine rings is 2. The second-order valence-electron chi connectivity index (χ2n) is 7.85. The van der Waals surface area contributed by atoms with Gasteiger partial charge in [0.2, 0.25) is 0 Å². The van der Waals surface area contributed by atoms with Crippen molar-refractivity contribution in [3.63, 3.8) is 0 Å². The summed E-state index contributed by atoms with van der Waals surface area (Å²) in [6, 6.07) is 10.1. The predicted molar refractivity (Wildman–Crippen MR) is 108 cm³/mol. The second-order valence-corrected chi connectivity index (χ2v) is 7.85. The van der Waals surface area contributed by atoms with Crippen molar-refractivity contribution < 1.29 is 4.79 Å². The normalized spacial score (nSPS) is 20.3. The van der Waals surface area contributed by atoms with Gasteiger partial charge in [0.15, 0.2) is 0 Å². The average molecular weight is 386 g/mol. The highest BCUT2D eigenvalue weighted by Gasteiger charge is 2.49. The number of likely N-dealkylation sites (tertiary alicyclic amines) is 1. The van der Waals surface area contributed by atoms with E-state index in [4.69, 9.17) is 4.98 Å². The second kappa shape index (κ2) is 6.92. The third-order valence-corrected chi connectivity index (χ3v) is 5.84. The van der Waals surface area contributed by atoms with Crippen LogP contribution < -0.4 is 4.90 Å². The molecular weight excluding hydrogens is 364 g/mol. The van der Waals surface area contributed by atoms with Crippen LogP contribution in [0.25, 0.3) is 0 Å². The van der Waals surface area contributed by atoms with E-state index in [0.29, 0.717) is 18.8 Å². The van der Waals surface area contributed by atoms with E-state index < -0.39 is 0 Å². The molecule has 0 unspecified atom stereocenters. The highest BCUT2D eigenvalue weighted by molar-refractivity contribution is 5.92. The molecule has 0 aromatic carbocycles. The zero-order valence-corrected chi connectivity index (χ0v) is 16.3.